The second kappa shape index (κ2) is 7.54. The molecule has 1 heterocycles. The zero-order chi connectivity index (χ0) is 15.9. The van der Waals surface area contributed by atoms with Crippen LogP contribution in [0.1, 0.15) is 24.0 Å². The molecule has 0 fully saturated rings. The molecule has 0 bridgehead atoms. The van der Waals surface area contributed by atoms with Gasteiger partial charge in [0.05, 0.1) is 0 Å². The summed E-state index contributed by atoms with van der Waals surface area (Å²) in [6, 6.07) is 17.5. The first-order valence-corrected chi connectivity index (χ1v) is 7.95. The van der Waals surface area contributed by atoms with Crippen LogP contribution in [0.5, 0.6) is 5.75 Å². The van der Waals surface area contributed by atoms with Crippen molar-refractivity contribution in [1.29, 1.82) is 0 Å². The molecule has 116 valence electrons. The Balaban J connectivity index is 1.50. The summed E-state index contributed by atoms with van der Waals surface area (Å²) in [6.45, 7) is 0. The third-order valence-electron chi connectivity index (χ3n) is 3.85. The summed E-state index contributed by atoms with van der Waals surface area (Å²) in [6.07, 6.45) is 8.23. The van der Waals surface area contributed by atoms with Gasteiger partial charge in [0.25, 0.3) is 0 Å². The molecule has 3 aromatic rings. The molecule has 0 spiro atoms. The van der Waals surface area contributed by atoms with Crippen LogP contribution in [0.3, 0.4) is 0 Å². The third-order valence-corrected chi connectivity index (χ3v) is 3.85. The van der Waals surface area contributed by atoms with Crippen molar-refractivity contribution >= 4 is 0 Å². The fourth-order valence-corrected chi connectivity index (χ4v) is 2.55. The maximum atomic E-state index is 9.31. The van der Waals surface area contributed by atoms with Crippen molar-refractivity contribution in [3.05, 3.63) is 78.1 Å². The number of unbranched alkanes of at least 4 members (excludes halogenated alkanes) is 1. The van der Waals surface area contributed by atoms with Gasteiger partial charge in [-0.05, 0) is 61.1 Å². The molecule has 0 saturated heterocycles. The minimum atomic E-state index is 0.254. The smallest absolute Gasteiger partial charge is 0.159 e. The Labute approximate surface area is 136 Å². The van der Waals surface area contributed by atoms with Crippen molar-refractivity contribution in [1.82, 2.24) is 9.97 Å². The Morgan fingerprint density at radius 1 is 0.696 bits per heavy atom. The van der Waals surface area contributed by atoms with Crippen LogP contribution in [-0.2, 0) is 12.8 Å². The SMILES string of the molecule is Oc1ccc(-c2ncc(CCCCc3ccccc3)cn2)cc1. The summed E-state index contributed by atoms with van der Waals surface area (Å²) in [4.78, 5) is 8.85. The van der Waals surface area contributed by atoms with Crippen molar-refractivity contribution in [2.45, 2.75) is 25.7 Å². The normalized spacial score (nSPS) is 10.6. The molecule has 0 unspecified atom stereocenters. The zero-order valence-electron chi connectivity index (χ0n) is 13.0. The lowest BCUT2D eigenvalue weighted by Crippen LogP contribution is -1.94. The van der Waals surface area contributed by atoms with Gasteiger partial charge in [-0.25, -0.2) is 9.97 Å². The monoisotopic (exact) mass is 304 g/mol. The first kappa shape index (κ1) is 15.2. The van der Waals surface area contributed by atoms with Crippen molar-refractivity contribution < 1.29 is 5.11 Å². The zero-order valence-corrected chi connectivity index (χ0v) is 13.0. The second-order valence-corrected chi connectivity index (χ2v) is 5.65. The summed E-state index contributed by atoms with van der Waals surface area (Å²) >= 11 is 0. The van der Waals surface area contributed by atoms with Gasteiger partial charge < -0.3 is 5.11 Å². The third kappa shape index (κ3) is 4.39. The molecular formula is C20H20N2O. The molecule has 3 nitrogen and oxygen atoms in total. The highest BCUT2D eigenvalue weighted by atomic mass is 16.3. The molecule has 0 atom stereocenters. The van der Waals surface area contributed by atoms with E-state index in [0.29, 0.717) is 5.82 Å². The van der Waals surface area contributed by atoms with Crippen LogP contribution in [0.25, 0.3) is 11.4 Å². The predicted molar refractivity (Wildman–Crippen MR) is 92.2 cm³/mol. The summed E-state index contributed by atoms with van der Waals surface area (Å²) < 4.78 is 0. The molecule has 3 rings (SSSR count). The number of hydrogen-bond acceptors (Lipinski definition) is 3. The number of benzene rings is 2. The second-order valence-electron chi connectivity index (χ2n) is 5.65. The summed E-state index contributed by atoms with van der Waals surface area (Å²) in [5.41, 5.74) is 3.48. The van der Waals surface area contributed by atoms with Crippen LogP contribution in [-0.4, -0.2) is 15.1 Å². The van der Waals surface area contributed by atoms with E-state index in [9.17, 15) is 5.11 Å². The molecule has 23 heavy (non-hydrogen) atoms. The lowest BCUT2D eigenvalue weighted by molar-refractivity contribution is 0.475. The van der Waals surface area contributed by atoms with Crippen LogP contribution in [0, 0.1) is 0 Å². The summed E-state index contributed by atoms with van der Waals surface area (Å²) in [7, 11) is 0. The number of hydrogen-bond donors (Lipinski definition) is 1. The van der Waals surface area contributed by atoms with Gasteiger partial charge in [-0.15, -0.1) is 0 Å². The number of phenolic OH excluding ortho intramolecular Hbond substituents is 1. The Morgan fingerprint density at radius 3 is 1.96 bits per heavy atom. The molecule has 0 aliphatic rings. The maximum Gasteiger partial charge on any atom is 0.159 e. The van der Waals surface area contributed by atoms with Gasteiger partial charge in [0.2, 0.25) is 0 Å². The van der Waals surface area contributed by atoms with E-state index in [1.54, 1.807) is 12.1 Å². The fraction of sp³-hybridized carbons (Fsp3) is 0.200. The summed E-state index contributed by atoms with van der Waals surface area (Å²) in [5.74, 6) is 0.946. The molecule has 1 aromatic heterocycles. The maximum absolute atomic E-state index is 9.31. The fourth-order valence-electron chi connectivity index (χ4n) is 2.55. The Hall–Kier alpha value is -2.68. The quantitative estimate of drug-likeness (QED) is 0.686. The lowest BCUT2D eigenvalue weighted by atomic mass is 10.1. The average Bonchev–Trinajstić information content (AvgIpc) is 2.61. The molecule has 0 aliphatic heterocycles. The molecule has 0 aliphatic carbocycles. The number of aromatic nitrogens is 2. The van der Waals surface area contributed by atoms with E-state index in [-0.39, 0.29) is 5.75 Å². The molecule has 0 amide bonds. The molecule has 2 aromatic carbocycles. The first-order chi connectivity index (χ1) is 11.3. The van der Waals surface area contributed by atoms with E-state index in [1.807, 2.05) is 24.5 Å². The lowest BCUT2D eigenvalue weighted by Gasteiger charge is -2.04. The van der Waals surface area contributed by atoms with E-state index in [1.165, 1.54) is 17.5 Å². The van der Waals surface area contributed by atoms with E-state index in [4.69, 9.17) is 0 Å². The predicted octanol–water partition coefficient (Wildman–Crippen LogP) is 4.41. The van der Waals surface area contributed by atoms with Crippen molar-refractivity contribution in [3.8, 4) is 17.1 Å². The van der Waals surface area contributed by atoms with Crippen LogP contribution < -0.4 is 0 Å². The largest absolute Gasteiger partial charge is 0.508 e. The number of rotatable bonds is 6. The molecule has 1 N–H and O–H groups in total. The van der Waals surface area contributed by atoms with Gasteiger partial charge in [0.15, 0.2) is 5.82 Å². The molecule has 0 radical (unpaired) electrons. The van der Waals surface area contributed by atoms with E-state index < -0.39 is 0 Å². The molecule has 3 heteroatoms. The van der Waals surface area contributed by atoms with Gasteiger partial charge in [-0.2, -0.15) is 0 Å². The topological polar surface area (TPSA) is 46.0 Å². The van der Waals surface area contributed by atoms with Crippen LogP contribution in [0.4, 0.5) is 0 Å². The van der Waals surface area contributed by atoms with E-state index >= 15 is 0 Å². The number of aryl methyl sites for hydroxylation is 2. The van der Waals surface area contributed by atoms with Gasteiger partial charge in [0, 0.05) is 18.0 Å². The molecular weight excluding hydrogens is 284 g/mol. The van der Waals surface area contributed by atoms with Gasteiger partial charge >= 0.3 is 0 Å². The van der Waals surface area contributed by atoms with Gasteiger partial charge in [-0.3, -0.25) is 0 Å². The Morgan fingerprint density at radius 2 is 1.30 bits per heavy atom. The Kier molecular flexibility index (Phi) is 4.99. The van der Waals surface area contributed by atoms with Crippen LogP contribution in [0.15, 0.2) is 67.0 Å². The Bertz CT molecular complexity index is 722. The minimum Gasteiger partial charge on any atom is -0.508 e. The van der Waals surface area contributed by atoms with Crippen LogP contribution >= 0.6 is 0 Å². The van der Waals surface area contributed by atoms with Crippen molar-refractivity contribution in [2.75, 3.05) is 0 Å². The van der Waals surface area contributed by atoms with Gasteiger partial charge in [0.1, 0.15) is 5.75 Å². The van der Waals surface area contributed by atoms with E-state index in [2.05, 4.69) is 40.3 Å². The van der Waals surface area contributed by atoms with Crippen LogP contribution in [0.2, 0.25) is 0 Å². The standard InChI is InChI=1S/C20H20N2O/c23-19-12-10-18(11-13-19)20-21-14-17(15-22-20)9-5-4-8-16-6-2-1-3-7-16/h1-3,6-7,10-15,23H,4-5,8-9H2. The number of phenols is 1. The summed E-state index contributed by atoms with van der Waals surface area (Å²) in [5, 5.41) is 9.31. The van der Waals surface area contributed by atoms with Gasteiger partial charge in [-0.1, -0.05) is 30.3 Å². The minimum absolute atomic E-state index is 0.254. The highest BCUT2D eigenvalue weighted by Gasteiger charge is 2.02. The molecule has 0 saturated carbocycles. The van der Waals surface area contributed by atoms with E-state index in [0.717, 1.165) is 24.8 Å². The number of nitrogens with zero attached hydrogens (tertiary/aromatic N) is 2. The first-order valence-electron chi connectivity index (χ1n) is 7.95. The van der Waals surface area contributed by atoms with Crippen molar-refractivity contribution in [3.63, 3.8) is 0 Å². The average molecular weight is 304 g/mol. The highest BCUT2D eigenvalue weighted by Crippen LogP contribution is 2.18. The number of aromatic hydroxyl groups is 1. The van der Waals surface area contributed by atoms with Crippen molar-refractivity contribution in [2.24, 2.45) is 0 Å². The highest BCUT2D eigenvalue weighted by molar-refractivity contribution is 5.55.